The van der Waals surface area contributed by atoms with E-state index in [2.05, 4.69) is 5.32 Å². The molecule has 1 saturated heterocycles. The van der Waals surface area contributed by atoms with Gasteiger partial charge in [-0.05, 0) is 6.07 Å². The maximum atomic E-state index is 12.2. The van der Waals surface area contributed by atoms with Crippen molar-refractivity contribution in [1.29, 1.82) is 0 Å². The van der Waals surface area contributed by atoms with Gasteiger partial charge in [0.1, 0.15) is 0 Å². The summed E-state index contributed by atoms with van der Waals surface area (Å²) in [6.45, 7) is 4.59. The van der Waals surface area contributed by atoms with Crippen molar-refractivity contribution in [1.82, 2.24) is 0 Å². The Morgan fingerprint density at radius 1 is 1.30 bits per heavy atom. The van der Waals surface area contributed by atoms with E-state index >= 15 is 0 Å². The first-order valence-corrected chi connectivity index (χ1v) is 6.22. The molecule has 106 valence electrons. The fourth-order valence-electron chi connectivity index (χ4n) is 2.32. The number of benzene rings is 1. The number of rotatable bonds is 1. The number of anilines is 1. The first-order chi connectivity index (χ1) is 9.34. The lowest BCUT2D eigenvalue weighted by Crippen LogP contribution is -2.49. The topological polar surface area (TPSA) is 90.7 Å². The summed E-state index contributed by atoms with van der Waals surface area (Å²) in [5, 5.41) is 13.5. The minimum absolute atomic E-state index is 0.100. The van der Waals surface area contributed by atoms with Crippen molar-refractivity contribution in [2.75, 3.05) is 18.5 Å². The molecule has 1 aromatic carbocycles. The van der Waals surface area contributed by atoms with Gasteiger partial charge >= 0.3 is 0 Å². The molecule has 2 aliphatic rings. The third kappa shape index (κ3) is 1.78. The lowest BCUT2D eigenvalue weighted by molar-refractivity contribution is -0.385. The molecule has 7 nitrogen and oxygen atoms in total. The van der Waals surface area contributed by atoms with E-state index in [0.717, 1.165) is 0 Å². The van der Waals surface area contributed by atoms with E-state index in [4.69, 9.17) is 9.47 Å². The van der Waals surface area contributed by atoms with Gasteiger partial charge in [0.05, 0.1) is 29.4 Å². The van der Waals surface area contributed by atoms with E-state index in [1.807, 2.05) is 13.8 Å². The van der Waals surface area contributed by atoms with Gasteiger partial charge in [0.15, 0.2) is 0 Å². The predicted molar refractivity (Wildman–Crippen MR) is 69.1 cm³/mol. The number of nitro benzene ring substituents is 1. The molecule has 1 amide bonds. The second kappa shape index (κ2) is 4.00. The molecular weight excluding hydrogens is 264 g/mol. The molecule has 0 saturated carbocycles. The molecule has 1 aromatic rings. The Morgan fingerprint density at radius 2 is 1.95 bits per heavy atom. The van der Waals surface area contributed by atoms with E-state index in [-0.39, 0.29) is 11.1 Å². The van der Waals surface area contributed by atoms with Crippen LogP contribution in [-0.2, 0) is 20.1 Å². The van der Waals surface area contributed by atoms with Crippen molar-refractivity contribution in [2.24, 2.45) is 5.41 Å². The zero-order chi connectivity index (χ0) is 14.5. The van der Waals surface area contributed by atoms with Crippen molar-refractivity contribution in [3.05, 3.63) is 33.9 Å². The molecule has 0 atom stereocenters. The molecule has 3 rings (SSSR count). The zero-order valence-electron chi connectivity index (χ0n) is 11.1. The second-order valence-electron chi connectivity index (χ2n) is 5.80. The second-order valence-corrected chi connectivity index (χ2v) is 5.80. The van der Waals surface area contributed by atoms with Crippen molar-refractivity contribution in [3.63, 3.8) is 0 Å². The van der Waals surface area contributed by atoms with Crippen LogP contribution < -0.4 is 5.32 Å². The molecule has 1 N–H and O–H groups in total. The molecule has 7 heteroatoms. The number of carbonyl (C=O) groups is 1. The van der Waals surface area contributed by atoms with Crippen LogP contribution in [0.4, 0.5) is 11.4 Å². The minimum Gasteiger partial charge on any atom is -0.338 e. The van der Waals surface area contributed by atoms with Gasteiger partial charge < -0.3 is 14.8 Å². The number of amides is 1. The van der Waals surface area contributed by atoms with Gasteiger partial charge in [-0.1, -0.05) is 13.8 Å². The van der Waals surface area contributed by atoms with E-state index in [1.54, 1.807) is 0 Å². The highest BCUT2D eigenvalue weighted by Crippen LogP contribution is 2.45. The van der Waals surface area contributed by atoms with E-state index in [0.29, 0.717) is 24.5 Å². The number of fused-ring (bicyclic) bond motifs is 2. The SMILES string of the molecule is CC1(C)COC2(OC1)C(=O)Nc1ccc([N+](=O)[O-])cc12. The normalized spacial score (nSPS) is 22.4. The zero-order valence-corrected chi connectivity index (χ0v) is 11.1. The minimum atomic E-state index is -1.56. The van der Waals surface area contributed by atoms with Crippen LogP contribution in [0.25, 0.3) is 0 Å². The Morgan fingerprint density at radius 3 is 2.55 bits per heavy atom. The van der Waals surface area contributed by atoms with E-state index in [1.165, 1.54) is 18.2 Å². The highest BCUT2D eigenvalue weighted by Gasteiger charge is 2.54. The van der Waals surface area contributed by atoms with Crippen LogP contribution in [0, 0.1) is 15.5 Å². The summed E-state index contributed by atoms with van der Waals surface area (Å²) in [6, 6.07) is 4.16. The average Bonchev–Trinajstić information content (AvgIpc) is 2.65. The third-order valence-corrected chi connectivity index (χ3v) is 3.45. The summed E-state index contributed by atoms with van der Waals surface area (Å²) >= 11 is 0. The molecule has 1 spiro atoms. The fourth-order valence-corrected chi connectivity index (χ4v) is 2.32. The van der Waals surface area contributed by atoms with Gasteiger partial charge in [-0.25, -0.2) is 0 Å². The number of hydrogen-bond donors (Lipinski definition) is 1. The summed E-state index contributed by atoms with van der Waals surface area (Å²) in [4.78, 5) is 22.5. The molecule has 0 aliphatic carbocycles. The number of nitrogens with zero attached hydrogens (tertiary/aromatic N) is 1. The number of hydrogen-bond acceptors (Lipinski definition) is 5. The van der Waals surface area contributed by atoms with E-state index in [9.17, 15) is 14.9 Å². The molecule has 0 aromatic heterocycles. The maximum absolute atomic E-state index is 12.2. The van der Waals surface area contributed by atoms with E-state index < -0.39 is 16.6 Å². The molecule has 1 fully saturated rings. The monoisotopic (exact) mass is 278 g/mol. The smallest absolute Gasteiger partial charge is 0.289 e. The van der Waals surface area contributed by atoms with Crippen LogP contribution in [0.2, 0.25) is 0 Å². The van der Waals surface area contributed by atoms with Crippen LogP contribution in [0.5, 0.6) is 0 Å². The van der Waals surface area contributed by atoms with Gasteiger partial charge in [-0.2, -0.15) is 0 Å². The quantitative estimate of drug-likeness (QED) is 0.624. The number of nitrogens with one attached hydrogen (secondary N) is 1. The first kappa shape index (κ1) is 13.0. The standard InChI is InChI=1S/C13H14N2O5/c1-12(2)6-19-13(20-7-12)9-5-8(15(17)18)3-4-10(9)14-11(13)16/h3-5H,6-7H2,1-2H3,(H,14,16). The van der Waals surface area contributed by atoms with Gasteiger partial charge in [0, 0.05) is 17.5 Å². The Kier molecular flexibility index (Phi) is 2.60. The van der Waals surface area contributed by atoms with Crippen molar-refractivity contribution < 1.29 is 19.2 Å². The number of carbonyl (C=O) groups excluding carboxylic acids is 1. The van der Waals surface area contributed by atoms with Gasteiger partial charge in [-0.3, -0.25) is 14.9 Å². The molecule has 2 aliphatic heterocycles. The molecule has 0 radical (unpaired) electrons. The molecule has 2 heterocycles. The highest BCUT2D eigenvalue weighted by molar-refractivity contribution is 6.04. The van der Waals surface area contributed by atoms with Gasteiger partial charge in [0.2, 0.25) is 0 Å². The van der Waals surface area contributed by atoms with Crippen LogP contribution >= 0.6 is 0 Å². The summed E-state index contributed by atoms with van der Waals surface area (Å²) in [7, 11) is 0. The maximum Gasteiger partial charge on any atom is 0.289 e. The lowest BCUT2D eigenvalue weighted by atomic mass is 9.93. The van der Waals surface area contributed by atoms with Crippen LogP contribution in [0.3, 0.4) is 0 Å². The number of non-ortho nitro benzene ring substituents is 1. The summed E-state index contributed by atoms with van der Waals surface area (Å²) in [6.07, 6.45) is 0. The Bertz CT molecular complexity index is 601. The highest BCUT2D eigenvalue weighted by atomic mass is 16.7. The molecule has 0 unspecified atom stereocenters. The molecule has 0 bridgehead atoms. The van der Waals surface area contributed by atoms with Crippen LogP contribution in [0.15, 0.2) is 18.2 Å². The molecule has 20 heavy (non-hydrogen) atoms. The van der Waals surface area contributed by atoms with Gasteiger partial charge in [-0.15, -0.1) is 0 Å². The number of nitro groups is 1. The summed E-state index contributed by atoms with van der Waals surface area (Å²) in [5.41, 5.74) is 0.554. The van der Waals surface area contributed by atoms with Crippen molar-refractivity contribution >= 4 is 17.3 Å². The third-order valence-electron chi connectivity index (χ3n) is 3.45. The Hall–Kier alpha value is -1.99. The summed E-state index contributed by atoms with van der Waals surface area (Å²) in [5.74, 6) is -2.00. The Labute approximate surface area is 115 Å². The average molecular weight is 278 g/mol. The van der Waals surface area contributed by atoms with Crippen LogP contribution in [0.1, 0.15) is 19.4 Å². The van der Waals surface area contributed by atoms with Gasteiger partial charge in [0.25, 0.3) is 17.4 Å². The predicted octanol–water partition coefficient (Wildman–Crippen LogP) is 1.77. The molecular formula is C13H14N2O5. The largest absolute Gasteiger partial charge is 0.338 e. The lowest BCUT2D eigenvalue weighted by Gasteiger charge is -2.39. The first-order valence-electron chi connectivity index (χ1n) is 6.22. The fraction of sp³-hybridized carbons (Fsp3) is 0.462. The van der Waals surface area contributed by atoms with Crippen LogP contribution in [-0.4, -0.2) is 24.0 Å². The Balaban J connectivity index is 2.05. The van der Waals surface area contributed by atoms with Crippen molar-refractivity contribution in [3.8, 4) is 0 Å². The van der Waals surface area contributed by atoms with Crippen molar-refractivity contribution in [2.45, 2.75) is 19.6 Å². The number of ether oxygens (including phenoxy) is 2. The summed E-state index contributed by atoms with van der Waals surface area (Å²) < 4.78 is 11.3.